The van der Waals surface area contributed by atoms with Crippen LogP contribution in [0, 0.1) is 12.7 Å². The van der Waals surface area contributed by atoms with E-state index in [1.54, 1.807) is 37.3 Å². The molecule has 0 aliphatic carbocycles. The highest BCUT2D eigenvalue weighted by Gasteiger charge is 2.15. The smallest absolute Gasteiger partial charge is 0.339 e. The molecule has 3 rings (SSSR count). The zero-order valence-corrected chi connectivity index (χ0v) is 15.2. The number of hydrogen-bond acceptors (Lipinski definition) is 6. The van der Waals surface area contributed by atoms with Crippen molar-refractivity contribution in [3.05, 3.63) is 77.4 Å². The zero-order chi connectivity index (χ0) is 20.1. The first kappa shape index (κ1) is 19.0. The van der Waals surface area contributed by atoms with E-state index in [1.165, 1.54) is 31.4 Å². The van der Waals surface area contributed by atoms with E-state index >= 15 is 0 Å². The van der Waals surface area contributed by atoms with E-state index in [4.69, 9.17) is 4.74 Å². The first-order chi connectivity index (χ1) is 13.5. The van der Waals surface area contributed by atoms with Crippen molar-refractivity contribution >= 4 is 29.2 Å². The molecule has 0 fully saturated rings. The SMILES string of the molecule is COC(=O)c1ccccc1Nc1nc(C)cc(C(=O)Nc2ccccc2F)n1. The molecule has 0 aliphatic heterocycles. The van der Waals surface area contributed by atoms with Crippen molar-refractivity contribution in [3.8, 4) is 0 Å². The minimum absolute atomic E-state index is 0.0498. The minimum Gasteiger partial charge on any atom is -0.465 e. The molecule has 28 heavy (non-hydrogen) atoms. The molecule has 142 valence electrons. The Hall–Kier alpha value is -3.81. The van der Waals surface area contributed by atoms with Crippen LogP contribution in [0.1, 0.15) is 26.5 Å². The van der Waals surface area contributed by atoms with Crippen LogP contribution in [0.4, 0.5) is 21.7 Å². The molecule has 2 N–H and O–H groups in total. The van der Waals surface area contributed by atoms with Gasteiger partial charge in [0.25, 0.3) is 5.91 Å². The number of para-hydroxylation sites is 2. The van der Waals surface area contributed by atoms with Gasteiger partial charge in [0.15, 0.2) is 0 Å². The Kier molecular flexibility index (Phi) is 5.59. The van der Waals surface area contributed by atoms with Gasteiger partial charge < -0.3 is 15.4 Å². The van der Waals surface area contributed by atoms with Gasteiger partial charge in [-0.15, -0.1) is 0 Å². The van der Waals surface area contributed by atoms with E-state index in [0.29, 0.717) is 16.9 Å². The molecule has 3 aromatic rings. The number of esters is 1. The Morgan fingerprint density at radius 3 is 2.39 bits per heavy atom. The van der Waals surface area contributed by atoms with Gasteiger partial charge in [0.1, 0.15) is 11.5 Å². The maximum absolute atomic E-state index is 13.8. The van der Waals surface area contributed by atoms with Crippen molar-refractivity contribution in [2.75, 3.05) is 17.7 Å². The molecule has 0 spiro atoms. The second-order valence-corrected chi connectivity index (χ2v) is 5.81. The third-order valence-electron chi connectivity index (χ3n) is 3.79. The molecule has 7 nitrogen and oxygen atoms in total. The van der Waals surface area contributed by atoms with Gasteiger partial charge in [0, 0.05) is 5.69 Å². The fraction of sp³-hybridized carbons (Fsp3) is 0.100. The van der Waals surface area contributed by atoms with E-state index in [1.807, 2.05) is 0 Å². The van der Waals surface area contributed by atoms with E-state index in [2.05, 4.69) is 20.6 Å². The second-order valence-electron chi connectivity index (χ2n) is 5.81. The van der Waals surface area contributed by atoms with E-state index in [0.717, 1.165) is 0 Å². The van der Waals surface area contributed by atoms with Gasteiger partial charge in [-0.2, -0.15) is 0 Å². The van der Waals surface area contributed by atoms with Crippen LogP contribution in [0.3, 0.4) is 0 Å². The highest BCUT2D eigenvalue weighted by molar-refractivity contribution is 6.03. The molecule has 1 aromatic heterocycles. The van der Waals surface area contributed by atoms with Crippen molar-refractivity contribution in [1.29, 1.82) is 0 Å². The number of carbonyl (C=O) groups excluding carboxylic acids is 2. The van der Waals surface area contributed by atoms with Crippen molar-refractivity contribution in [2.45, 2.75) is 6.92 Å². The number of carbonyl (C=O) groups is 2. The maximum atomic E-state index is 13.8. The van der Waals surface area contributed by atoms with Crippen LogP contribution >= 0.6 is 0 Å². The third kappa shape index (κ3) is 4.29. The van der Waals surface area contributed by atoms with E-state index in [-0.39, 0.29) is 17.3 Å². The summed E-state index contributed by atoms with van der Waals surface area (Å²) in [5.41, 5.74) is 1.35. The summed E-state index contributed by atoms with van der Waals surface area (Å²) in [4.78, 5) is 32.8. The van der Waals surface area contributed by atoms with Gasteiger partial charge in [-0.05, 0) is 37.3 Å². The standard InChI is InChI=1S/C20H17FN4O3/c1-12-11-17(18(26)23-16-10-6-4-8-14(16)21)25-20(22-12)24-15-9-5-3-7-13(15)19(27)28-2/h3-11H,1-2H3,(H,23,26)(H,22,24,25). The molecule has 0 saturated carbocycles. The molecule has 1 heterocycles. The fourth-order valence-electron chi connectivity index (χ4n) is 2.49. The Balaban J connectivity index is 1.87. The summed E-state index contributed by atoms with van der Waals surface area (Å²) in [5.74, 6) is -1.53. The Morgan fingerprint density at radius 2 is 1.68 bits per heavy atom. The number of aromatic nitrogens is 2. The highest BCUT2D eigenvalue weighted by Crippen LogP contribution is 2.20. The predicted octanol–water partition coefficient (Wildman–Crippen LogP) is 3.71. The summed E-state index contributed by atoms with van der Waals surface area (Å²) in [6, 6.07) is 14.0. The lowest BCUT2D eigenvalue weighted by Gasteiger charge is -2.11. The molecule has 0 unspecified atom stereocenters. The molecule has 0 saturated heterocycles. The minimum atomic E-state index is -0.583. The number of hydrogen-bond donors (Lipinski definition) is 2. The van der Waals surface area contributed by atoms with E-state index < -0.39 is 17.7 Å². The van der Waals surface area contributed by atoms with Crippen LogP contribution in [-0.4, -0.2) is 29.0 Å². The topological polar surface area (TPSA) is 93.2 Å². The van der Waals surface area contributed by atoms with Crippen molar-refractivity contribution < 1.29 is 18.7 Å². The average molecular weight is 380 g/mol. The van der Waals surface area contributed by atoms with Gasteiger partial charge in [-0.3, -0.25) is 4.79 Å². The van der Waals surface area contributed by atoms with Crippen LogP contribution < -0.4 is 10.6 Å². The lowest BCUT2D eigenvalue weighted by Crippen LogP contribution is -2.16. The Morgan fingerprint density at radius 1 is 1.00 bits per heavy atom. The molecule has 1 amide bonds. The lowest BCUT2D eigenvalue weighted by molar-refractivity contribution is 0.0601. The Labute approximate surface area is 160 Å². The first-order valence-electron chi connectivity index (χ1n) is 8.34. The van der Waals surface area contributed by atoms with Crippen LogP contribution in [-0.2, 0) is 4.74 Å². The van der Waals surface area contributed by atoms with Crippen LogP contribution in [0.5, 0.6) is 0 Å². The predicted molar refractivity (Wildman–Crippen MR) is 102 cm³/mol. The van der Waals surface area contributed by atoms with Gasteiger partial charge in [0.05, 0.1) is 24.0 Å². The van der Waals surface area contributed by atoms with Gasteiger partial charge in [-0.25, -0.2) is 19.2 Å². The lowest BCUT2D eigenvalue weighted by atomic mass is 10.2. The number of anilines is 3. The summed E-state index contributed by atoms with van der Waals surface area (Å²) in [5, 5.41) is 5.40. The van der Waals surface area contributed by atoms with Crippen molar-refractivity contribution in [3.63, 3.8) is 0 Å². The zero-order valence-electron chi connectivity index (χ0n) is 15.2. The number of benzene rings is 2. The number of rotatable bonds is 5. The number of amides is 1. The normalized spacial score (nSPS) is 10.2. The van der Waals surface area contributed by atoms with Gasteiger partial charge >= 0.3 is 5.97 Å². The maximum Gasteiger partial charge on any atom is 0.339 e. The molecule has 0 aliphatic rings. The second kappa shape index (κ2) is 8.26. The summed E-state index contributed by atoms with van der Waals surface area (Å²) in [6.07, 6.45) is 0. The first-order valence-corrected chi connectivity index (χ1v) is 8.34. The van der Waals surface area contributed by atoms with Crippen molar-refractivity contribution in [2.24, 2.45) is 0 Å². The molecule has 8 heteroatoms. The highest BCUT2D eigenvalue weighted by atomic mass is 19.1. The molecule has 0 bridgehead atoms. The summed E-state index contributed by atoms with van der Waals surface area (Å²) in [7, 11) is 1.29. The third-order valence-corrected chi connectivity index (χ3v) is 3.79. The van der Waals surface area contributed by atoms with Crippen LogP contribution in [0.15, 0.2) is 54.6 Å². The molecule has 0 radical (unpaired) electrons. The van der Waals surface area contributed by atoms with E-state index in [9.17, 15) is 14.0 Å². The monoisotopic (exact) mass is 380 g/mol. The number of halogens is 1. The van der Waals surface area contributed by atoms with Crippen molar-refractivity contribution in [1.82, 2.24) is 9.97 Å². The number of aryl methyl sites for hydroxylation is 1. The Bertz CT molecular complexity index is 1040. The van der Waals surface area contributed by atoms with Gasteiger partial charge in [0.2, 0.25) is 5.95 Å². The summed E-state index contributed by atoms with van der Waals surface area (Å²) in [6.45, 7) is 1.69. The largest absolute Gasteiger partial charge is 0.465 e. The molecular formula is C20H17FN4O3. The molecule has 0 atom stereocenters. The number of nitrogens with one attached hydrogen (secondary N) is 2. The quantitative estimate of drug-likeness (QED) is 0.656. The fourth-order valence-corrected chi connectivity index (χ4v) is 2.49. The summed E-state index contributed by atoms with van der Waals surface area (Å²) < 4.78 is 18.5. The average Bonchev–Trinajstić information content (AvgIpc) is 2.69. The van der Waals surface area contributed by atoms with Gasteiger partial charge in [-0.1, -0.05) is 24.3 Å². The molecule has 2 aromatic carbocycles. The van der Waals surface area contributed by atoms with Crippen LogP contribution in [0.25, 0.3) is 0 Å². The summed E-state index contributed by atoms with van der Waals surface area (Å²) >= 11 is 0. The number of methoxy groups -OCH3 is 1. The van der Waals surface area contributed by atoms with Crippen LogP contribution in [0.2, 0.25) is 0 Å². The number of nitrogens with zero attached hydrogens (tertiary/aromatic N) is 2. The number of ether oxygens (including phenoxy) is 1. The molecular weight excluding hydrogens is 363 g/mol.